The van der Waals surface area contributed by atoms with E-state index in [9.17, 15) is 38.4 Å². The van der Waals surface area contributed by atoms with Gasteiger partial charge in [0, 0.05) is 43.0 Å². The molecule has 0 bridgehead atoms. The van der Waals surface area contributed by atoms with Gasteiger partial charge in [-0.25, -0.2) is 4.79 Å². The molecule has 1 atom stereocenters. The van der Waals surface area contributed by atoms with E-state index < -0.39 is 65.7 Å². The zero-order valence-electron chi connectivity index (χ0n) is 27.8. The van der Waals surface area contributed by atoms with Gasteiger partial charge < -0.3 is 25.4 Å². The number of carbonyl (C=O) groups is 8. The normalized spacial score (nSPS) is 15.7. The topological polar surface area (TPSA) is 218 Å². The first kappa shape index (κ1) is 36.8. The number of carbonyl (C=O) groups excluding carboxylic acids is 8. The molecule has 0 radical (unpaired) electrons. The summed E-state index contributed by atoms with van der Waals surface area (Å²) in [4.78, 5) is 99.1. The summed E-state index contributed by atoms with van der Waals surface area (Å²) >= 11 is 0. The van der Waals surface area contributed by atoms with Crippen LogP contribution in [0, 0.1) is 0 Å². The van der Waals surface area contributed by atoms with Crippen LogP contribution in [0.5, 0.6) is 5.75 Å². The Balaban J connectivity index is 1.11. The molecule has 4 rings (SSSR count). The van der Waals surface area contributed by atoms with Crippen LogP contribution in [-0.2, 0) is 28.7 Å². The highest BCUT2D eigenvalue weighted by Crippen LogP contribution is 2.33. The standard InChI is InChI=1S/C34H38N6O10/c1-34(2,3)50-33(48)38-21-11-9-20(10-12-21)37-26(42)16-15-25(41)35-17-4-5-18-36-28(44)19-49-24-8-6-7-22-29(24)32(47)40(31(22)46)23-13-14-27(43)39-30(23)45/h6-12,15-16,23H,4-5,13-14,17-19H2,1-3H3,(H,35,41)(H,36,44)(H,37,42)(H,38,48)(H,39,43,45)/b16-15+. The molecule has 2 aromatic carbocycles. The third-order valence-electron chi connectivity index (χ3n) is 7.20. The molecule has 5 N–H and O–H groups in total. The van der Waals surface area contributed by atoms with Crippen molar-refractivity contribution in [2.45, 2.75) is 58.1 Å². The van der Waals surface area contributed by atoms with Crippen LogP contribution >= 0.6 is 0 Å². The molecule has 16 heteroatoms. The number of benzene rings is 2. The summed E-state index contributed by atoms with van der Waals surface area (Å²) in [6.45, 7) is 5.38. The van der Waals surface area contributed by atoms with Crippen LogP contribution in [0.1, 0.15) is 67.2 Å². The number of unbranched alkanes of at least 4 members (excludes halogenated alkanes) is 1. The fourth-order valence-corrected chi connectivity index (χ4v) is 4.94. The minimum Gasteiger partial charge on any atom is -0.483 e. The second-order valence-electron chi connectivity index (χ2n) is 12.3. The van der Waals surface area contributed by atoms with E-state index in [0.717, 1.165) is 17.1 Å². The van der Waals surface area contributed by atoms with Crippen molar-refractivity contribution in [2.24, 2.45) is 0 Å². The number of piperidine rings is 1. The molecule has 0 aromatic heterocycles. The smallest absolute Gasteiger partial charge is 0.412 e. The third-order valence-corrected chi connectivity index (χ3v) is 7.20. The fraction of sp³-hybridized carbons (Fsp3) is 0.353. The predicted molar refractivity (Wildman–Crippen MR) is 178 cm³/mol. The van der Waals surface area contributed by atoms with E-state index in [1.165, 1.54) is 18.2 Å². The molecule has 2 aliphatic rings. The minimum absolute atomic E-state index is 0.00747. The number of fused-ring (bicyclic) bond motifs is 1. The van der Waals surface area contributed by atoms with Crippen molar-refractivity contribution in [3.05, 3.63) is 65.7 Å². The van der Waals surface area contributed by atoms with Crippen LogP contribution in [0.15, 0.2) is 54.6 Å². The maximum Gasteiger partial charge on any atom is 0.412 e. The molecule has 1 unspecified atom stereocenters. The average molecular weight is 691 g/mol. The number of nitrogens with zero attached hydrogens (tertiary/aromatic N) is 1. The van der Waals surface area contributed by atoms with E-state index in [2.05, 4.69) is 26.6 Å². The number of anilines is 2. The van der Waals surface area contributed by atoms with Gasteiger partial charge >= 0.3 is 6.09 Å². The highest BCUT2D eigenvalue weighted by atomic mass is 16.6. The van der Waals surface area contributed by atoms with E-state index in [4.69, 9.17) is 9.47 Å². The Bertz CT molecular complexity index is 1710. The van der Waals surface area contributed by atoms with Crippen molar-refractivity contribution >= 4 is 58.8 Å². The minimum atomic E-state index is -1.12. The lowest BCUT2D eigenvalue weighted by atomic mass is 10.0. The lowest BCUT2D eigenvalue weighted by molar-refractivity contribution is -0.136. The van der Waals surface area contributed by atoms with Crippen molar-refractivity contribution in [1.29, 1.82) is 0 Å². The number of hydrogen-bond donors (Lipinski definition) is 5. The Morgan fingerprint density at radius 2 is 1.50 bits per heavy atom. The zero-order chi connectivity index (χ0) is 36.4. The average Bonchev–Trinajstić information content (AvgIpc) is 3.30. The summed E-state index contributed by atoms with van der Waals surface area (Å²) in [5.74, 6) is -4.10. The number of imide groups is 2. The molecule has 0 aliphatic carbocycles. The maximum atomic E-state index is 13.1. The van der Waals surface area contributed by atoms with Crippen molar-refractivity contribution < 1.29 is 47.8 Å². The van der Waals surface area contributed by atoms with Gasteiger partial charge in [0.15, 0.2) is 6.61 Å². The van der Waals surface area contributed by atoms with Gasteiger partial charge in [-0.1, -0.05) is 6.07 Å². The quantitative estimate of drug-likeness (QED) is 0.117. The second-order valence-corrected chi connectivity index (χ2v) is 12.3. The molecule has 2 aromatic rings. The number of rotatable bonds is 13. The molecular formula is C34H38N6O10. The SMILES string of the molecule is CC(C)(C)OC(=O)Nc1ccc(NC(=O)/C=C/C(=O)NCCCCNC(=O)COc2cccc3c2C(=O)N(C2CCC(=O)NC2=O)C3=O)cc1. The Morgan fingerprint density at radius 1 is 0.860 bits per heavy atom. The van der Waals surface area contributed by atoms with Gasteiger partial charge in [0.25, 0.3) is 17.7 Å². The Kier molecular flexibility index (Phi) is 12.0. The first-order valence-electron chi connectivity index (χ1n) is 15.8. The van der Waals surface area contributed by atoms with Crippen LogP contribution in [-0.4, -0.2) is 83.7 Å². The molecule has 0 spiro atoms. The van der Waals surface area contributed by atoms with Gasteiger partial charge in [0.05, 0.1) is 11.1 Å². The van der Waals surface area contributed by atoms with E-state index in [1.807, 2.05) is 0 Å². The van der Waals surface area contributed by atoms with Crippen LogP contribution in [0.3, 0.4) is 0 Å². The Labute approximate surface area is 287 Å². The number of ether oxygens (including phenoxy) is 2. The molecule has 16 nitrogen and oxygen atoms in total. The molecule has 2 aliphatic heterocycles. The third kappa shape index (κ3) is 10.2. The number of hydrogen-bond acceptors (Lipinski definition) is 10. The summed E-state index contributed by atoms with van der Waals surface area (Å²) in [7, 11) is 0. The molecule has 1 fully saturated rings. The van der Waals surface area contributed by atoms with Crippen molar-refractivity contribution in [2.75, 3.05) is 30.3 Å². The zero-order valence-corrected chi connectivity index (χ0v) is 27.8. The summed E-state index contributed by atoms with van der Waals surface area (Å²) in [5, 5.41) is 12.6. The second kappa shape index (κ2) is 16.4. The molecule has 2 heterocycles. The van der Waals surface area contributed by atoms with Crippen LogP contribution in [0.25, 0.3) is 0 Å². The summed E-state index contributed by atoms with van der Waals surface area (Å²) in [5.41, 5.74) is 0.278. The van der Waals surface area contributed by atoms with Gasteiger partial charge in [-0.15, -0.1) is 0 Å². The van der Waals surface area contributed by atoms with Gasteiger partial charge in [-0.3, -0.25) is 49.1 Å². The van der Waals surface area contributed by atoms with Gasteiger partial charge in [0.1, 0.15) is 17.4 Å². The molecule has 8 amide bonds. The highest BCUT2D eigenvalue weighted by Gasteiger charge is 2.46. The van der Waals surface area contributed by atoms with E-state index in [0.29, 0.717) is 30.8 Å². The number of amides is 8. The first-order chi connectivity index (χ1) is 23.7. The van der Waals surface area contributed by atoms with Crippen LogP contribution < -0.4 is 31.3 Å². The molecule has 50 heavy (non-hydrogen) atoms. The highest BCUT2D eigenvalue weighted by molar-refractivity contribution is 6.24. The molecular weight excluding hydrogens is 652 g/mol. The van der Waals surface area contributed by atoms with E-state index in [-0.39, 0.29) is 36.3 Å². The Hall–Kier alpha value is -6.06. The van der Waals surface area contributed by atoms with Gasteiger partial charge in [-0.05, 0) is 76.4 Å². The number of nitrogens with one attached hydrogen (secondary N) is 5. The van der Waals surface area contributed by atoms with Gasteiger partial charge in [-0.2, -0.15) is 0 Å². The monoisotopic (exact) mass is 690 g/mol. The molecule has 264 valence electrons. The molecule has 0 saturated carbocycles. The van der Waals surface area contributed by atoms with Crippen LogP contribution in [0.4, 0.5) is 16.2 Å². The predicted octanol–water partition coefficient (Wildman–Crippen LogP) is 2.02. The summed E-state index contributed by atoms with van der Waals surface area (Å²) < 4.78 is 10.7. The molecule has 1 saturated heterocycles. The van der Waals surface area contributed by atoms with E-state index >= 15 is 0 Å². The maximum absolute atomic E-state index is 13.1. The fourth-order valence-electron chi connectivity index (χ4n) is 4.94. The van der Waals surface area contributed by atoms with E-state index in [1.54, 1.807) is 45.0 Å². The van der Waals surface area contributed by atoms with Crippen molar-refractivity contribution in [3.8, 4) is 5.75 Å². The summed E-state index contributed by atoms with van der Waals surface area (Å²) in [6, 6.07) is 9.58. The lowest BCUT2D eigenvalue weighted by Gasteiger charge is -2.27. The van der Waals surface area contributed by atoms with Crippen molar-refractivity contribution in [3.63, 3.8) is 0 Å². The van der Waals surface area contributed by atoms with Crippen LogP contribution in [0.2, 0.25) is 0 Å². The van der Waals surface area contributed by atoms with Gasteiger partial charge in [0.2, 0.25) is 23.6 Å². The summed E-state index contributed by atoms with van der Waals surface area (Å²) in [6.07, 6.45) is 2.62. The van der Waals surface area contributed by atoms with Crippen molar-refractivity contribution in [1.82, 2.24) is 20.9 Å². The first-order valence-corrected chi connectivity index (χ1v) is 15.8. The largest absolute Gasteiger partial charge is 0.483 e. The lowest BCUT2D eigenvalue weighted by Crippen LogP contribution is -2.54. The Morgan fingerprint density at radius 3 is 2.16 bits per heavy atom.